The van der Waals surface area contributed by atoms with Gasteiger partial charge in [-0.15, -0.1) is 5.10 Å². The van der Waals surface area contributed by atoms with Crippen LogP contribution in [0.5, 0.6) is 0 Å². The Labute approximate surface area is 169 Å². The molecule has 6 nitrogen and oxygen atoms in total. The predicted octanol–water partition coefficient (Wildman–Crippen LogP) is 3.81. The zero-order chi connectivity index (χ0) is 20.1. The molecule has 28 heavy (non-hydrogen) atoms. The number of hydrogen-bond acceptors (Lipinski definition) is 5. The fraction of sp³-hybridized carbons (Fsp3) is 0.333. The van der Waals surface area contributed by atoms with E-state index in [1.165, 1.54) is 28.5 Å². The quantitative estimate of drug-likeness (QED) is 0.616. The lowest BCUT2D eigenvalue weighted by Crippen LogP contribution is -2.28. The summed E-state index contributed by atoms with van der Waals surface area (Å²) in [7, 11) is 0. The molecule has 0 bridgehead atoms. The van der Waals surface area contributed by atoms with Crippen LogP contribution in [0.25, 0.3) is 5.69 Å². The Kier molecular flexibility index (Phi) is 6.46. The van der Waals surface area contributed by atoms with Crippen LogP contribution in [0.1, 0.15) is 42.1 Å². The second kappa shape index (κ2) is 9.01. The van der Waals surface area contributed by atoms with Crippen molar-refractivity contribution in [2.24, 2.45) is 0 Å². The van der Waals surface area contributed by atoms with E-state index in [-0.39, 0.29) is 17.7 Å². The van der Waals surface area contributed by atoms with E-state index in [0.29, 0.717) is 5.16 Å². The standard InChI is InChI=1S/C21H25N5OS/c1-5-17-7-9-18(10-8-17)16(4)22-20(27)13-28-21-23-24-25-26(21)19-11-6-14(2)15(3)12-19/h6-12,16H,5,13H2,1-4H3,(H,22,27)/t16-/m0/s1. The van der Waals surface area contributed by atoms with E-state index in [0.717, 1.165) is 17.7 Å². The highest BCUT2D eigenvalue weighted by Crippen LogP contribution is 2.20. The molecule has 1 heterocycles. The number of tetrazole rings is 1. The highest BCUT2D eigenvalue weighted by Gasteiger charge is 2.14. The van der Waals surface area contributed by atoms with Crippen molar-refractivity contribution in [1.82, 2.24) is 25.5 Å². The molecule has 7 heteroatoms. The van der Waals surface area contributed by atoms with Gasteiger partial charge in [0, 0.05) is 0 Å². The number of aryl methyl sites for hydroxylation is 3. The summed E-state index contributed by atoms with van der Waals surface area (Å²) in [4.78, 5) is 12.4. The Bertz CT molecular complexity index is 952. The van der Waals surface area contributed by atoms with Gasteiger partial charge in [0.1, 0.15) is 0 Å². The van der Waals surface area contributed by atoms with E-state index in [9.17, 15) is 4.79 Å². The van der Waals surface area contributed by atoms with Gasteiger partial charge in [0.15, 0.2) is 0 Å². The number of carbonyl (C=O) groups excluding carboxylic acids is 1. The first-order valence-corrected chi connectivity index (χ1v) is 10.3. The van der Waals surface area contributed by atoms with Crippen molar-refractivity contribution in [3.05, 3.63) is 64.7 Å². The largest absolute Gasteiger partial charge is 0.349 e. The summed E-state index contributed by atoms with van der Waals surface area (Å²) in [5.74, 6) is 0.203. The normalized spacial score (nSPS) is 12.0. The maximum Gasteiger partial charge on any atom is 0.230 e. The summed E-state index contributed by atoms with van der Waals surface area (Å²) in [5.41, 5.74) is 5.66. The summed E-state index contributed by atoms with van der Waals surface area (Å²) in [6.45, 7) is 8.24. The number of thioether (sulfide) groups is 1. The van der Waals surface area contributed by atoms with Crippen LogP contribution in [-0.2, 0) is 11.2 Å². The predicted molar refractivity (Wildman–Crippen MR) is 112 cm³/mol. The minimum atomic E-state index is -0.0493. The van der Waals surface area contributed by atoms with Crippen molar-refractivity contribution in [2.75, 3.05) is 5.75 Å². The molecule has 2 aromatic carbocycles. The molecule has 0 spiro atoms. The van der Waals surface area contributed by atoms with Gasteiger partial charge in [0.2, 0.25) is 11.1 Å². The highest BCUT2D eigenvalue weighted by atomic mass is 32.2. The molecule has 0 fully saturated rings. The van der Waals surface area contributed by atoms with Crippen LogP contribution >= 0.6 is 11.8 Å². The second-order valence-corrected chi connectivity index (χ2v) is 7.76. The molecule has 0 saturated heterocycles. The van der Waals surface area contributed by atoms with Crippen molar-refractivity contribution in [2.45, 2.75) is 45.3 Å². The molecule has 1 amide bonds. The number of aromatic nitrogens is 4. The molecule has 3 rings (SSSR count). The van der Waals surface area contributed by atoms with Crippen LogP contribution in [0, 0.1) is 13.8 Å². The summed E-state index contributed by atoms with van der Waals surface area (Å²) in [6, 6.07) is 14.3. The number of amides is 1. The van der Waals surface area contributed by atoms with Gasteiger partial charge in [-0.05, 0) is 72.0 Å². The topological polar surface area (TPSA) is 72.7 Å². The molecule has 3 aromatic rings. The second-order valence-electron chi connectivity index (χ2n) is 6.81. The molecule has 0 aliphatic heterocycles. The highest BCUT2D eigenvalue weighted by molar-refractivity contribution is 7.99. The third-order valence-corrected chi connectivity index (χ3v) is 5.69. The average Bonchev–Trinajstić information content (AvgIpc) is 3.17. The third kappa shape index (κ3) is 4.78. The molecule has 0 aliphatic rings. The molecule has 0 radical (unpaired) electrons. The van der Waals surface area contributed by atoms with Crippen LogP contribution in [0.15, 0.2) is 47.6 Å². The number of hydrogen-bond donors (Lipinski definition) is 1. The molecule has 0 aliphatic carbocycles. The zero-order valence-corrected chi connectivity index (χ0v) is 17.5. The first kappa shape index (κ1) is 20.1. The Hall–Kier alpha value is -2.67. The van der Waals surface area contributed by atoms with Gasteiger partial charge in [-0.2, -0.15) is 4.68 Å². The van der Waals surface area contributed by atoms with Crippen molar-refractivity contribution < 1.29 is 4.79 Å². The van der Waals surface area contributed by atoms with Crippen molar-refractivity contribution in [3.8, 4) is 5.69 Å². The molecule has 1 N–H and O–H groups in total. The van der Waals surface area contributed by atoms with E-state index < -0.39 is 0 Å². The van der Waals surface area contributed by atoms with Gasteiger partial charge in [0.05, 0.1) is 17.5 Å². The fourth-order valence-electron chi connectivity index (χ4n) is 2.83. The zero-order valence-electron chi connectivity index (χ0n) is 16.6. The number of nitrogens with zero attached hydrogens (tertiary/aromatic N) is 4. The summed E-state index contributed by atoms with van der Waals surface area (Å²) in [6.07, 6.45) is 1.01. The minimum absolute atomic E-state index is 0.0465. The monoisotopic (exact) mass is 395 g/mol. The van der Waals surface area contributed by atoms with Crippen LogP contribution < -0.4 is 5.32 Å². The summed E-state index contributed by atoms with van der Waals surface area (Å²) in [5, 5.41) is 15.5. The Balaban J connectivity index is 1.60. The van der Waals surface area contributed by atoms with E-state index in [1.807, 2.05) is 25.1 Å². The smallest absolute Gasteiger partial charge is 0.230 e. The van der Waals surface area contributed by atoms with E-state index in [4.69, 9.17) is 0 Å². The van der Waals surface area contributed by atoms with E-state index in [2.05, 4.69) is 65.9 Å². The van der Waals surface area contributed by atoms with Crippen molar-refractivity contribution in [3.63, 3.8) is 0 Å². The SMILES string of the molecule is CCc1ccc([C@H](C)NC(=O)CSc2nnnn2-c2ccc(C)c(C)c2)cc1. The lowest BCUT2D eigenvalue weighted by atomic mass is 10.1. The maximum absolute atomic E-state index is 12.4. The molecule has 146 valence electrons. The average molecular weight is 396 g/mol. The van der Waals surface area contributed by atoms with Crippen LogP contribution in [-0.4, -0.2) is 31.9 Å². The maximum atomic E-state index is 12.4. The van der Waals surface area contributed by atoms with Gasteiger partial charge >= 0.3 is 0 Å². The third-order valence-electron chi connectivity index (χ3n) is 4.77. The summed E-state index contributed by atoms with van der Waals surface area (Å²) < 4.78 is 1.66. The number of nitrogens with one attached hydrogen (secondary N) is 1. The molecular formula is C21H25N5OS. The fourth-order valence-corrected chi connectivity index (χ4v) is 3.53. The first-order valence-electron chi connectivity index (χ1n) is 9.35. The number of carbonyl (C=O) groups is 1. The van der Waals surface area contributed by atoms with Crippen LogP contribution in [0.4, 0.5) is 0 Å². The summed E-state index contributed by atoms with van der Waals surface area (Å²) >= 11 is 1.32. The molecule has 0 saturated carbocycles. The minimum Gasteiger partial charge on any atom is -0.349 e. The molecule has 1 atom stereocenters. The first-order chi connectivity index (χ1) is 13.5. The van der Waals surface area contributed by atoms with Crippen molar-refractivity contribution in [1.29, 1.82) is 0 Å². The Morgan fingerprint density at radius 1 is 1.14 bits per heavy atom. The molecular weight excluding hydrogens is 370 g/mol. The van der Waals surface area contributed by atoms with E-state index in [1.54, 1.807) is 4.68 Å². The number of benzene rings is 2. The van der Waals surface area contributed by atoms with Gasteiger partial charge in [-0.3, -0.25) is 4.79 Å². The van der Waals surface area contributed by atoms with Gasteiger partial charge < -0.3 is 5.32 Å². The molecule has 0 unspecified atom stereocenters. The van der Waals surface area contributed by atoms with Crippen LogP contribution in [0.3, 0.4) is 0 Å². The van der Waals surface area contributed by atoms with Gasteiger partial charge in [0.25, 0.3) is 0 Å². The van der Waals surface area contributed by atoms with Crippen molar-refractivity contribution >= 4 is 17.7 Å². The number of rotatable bonds is 7. The van der Waals surface area contributed by atoms with Gasteiger partial charge in [-0.1, -0.05) is 49.0 Å². The lowest BCUT2D eigenvalue weighted by molar-refractivity contribution is -0.119. The van der Waals surface area contributed by atoms with E-state index >= 15 is 0 Å². The van der Waals surface area contributed by atoms with Gasteiger partial charge in [-0.25, -0.2) is 0 Å². The Morgan fingerprint density at radius 2 is 1.89 bits per heavy atom. The molecule has 1 aromatic heterocycles. The lowest BCUT2D eigenvalue weighted by Gasteiger charge is -2.14. The van der Waals surface area contributed by atoms with Crippen LogP contribution in [0.2, 0.25) is 0 Å². The Morgan fingerprint density at radius 3 is 2.57 bits per heavy atom.